The van der Waals surface area contributed by atoms with Gasteiger partial charge in [0.2, 0.25) is 0 Å². The summed E-state index contributed by atoms with van der Waals surface area (Å²) in [5, 5.41) is 0. The van der Waals surface area contributed by atoms with Crippen molar-refractivity contribution in [1.82, 2.24) is 0 Å². The number of hydrogen-bond acceptors (Lipinski definition) is 13. The van der Waals surface area contributed by atoms with E-state index in [-0.39, 0.29) is 0 Å². The second-order valence-corrected chi connectivity index (χ2v) is 12.7. The van der Waals surface area contributed by atoms with E-state index in [9.17, 15) is 0 Å². The molecule has 0 aliphatic heterocycles. The molecule has 13 heteroatoms. The van der Waals surface area contributed by atoms with Gasteiger partial charge in [0.15, 0.2) is 0 Å². The lowest BCUT2D eigenvalue weighted by atomic mass is 10.0. The van der Waals surface area contributed by atoms with Crippen molar-refractivity contribution in [2.75, 3.05) is 165 Å². The summed E-state index contributed by atoms with van der Waals surface area (Å²) in [6.07, 6.45) is 19.2. The van der Waals surface area contributed by atoms with E-state index < -0.39 is 0 Å². The summed E-state index contributed by atoms with van der Waals surface area (Å²) in [6.45, 7) is 16.1. The van der Waals surface area contributed by atoms with Crippen LogP contribution in [0, 0.1) is 0 Å². The quantitative estimate of drug-likeness (QED) is 0.0767. The molecule has 0 aliphatic rings. The Morgan fingerprint density at radius 2 is 0.377 bits per heavy atom. The van der Waals surface area contributed by atoms with Crippen LogP contribution in [0.15, 0.2) is 0 Å². The summed E-state index contributed by atoms with van der Waals surface area (Å²) in [4.78, 5) is 0. The van der Waals surface area contributed by atoms with E-state index in [1.165, 1.54) is 83.5 Å². The molecule has 0 heterocycles. The molecule has 0 aromatic carbocycles. The minimum atomic E-state index is 0.517. The monoisotopic (exact) mass is 770 g/mol. The van der Waals surface area contributed by atoms with Gasteiger partial charge in [0.1, 0.15) is 0 Å². The molecule has 53 heavy (non-hydrogen) atoms. The number of unbranched alkanes of at least 4 members (excludes halogenated alkanes) is 13. The predicted molar refractivity (Wildman–Crippen MR) is 209 cm³/mol. The molecule has 0 spiro atoms. The molecule has 0 amide bonds. The molecule has 0 bridgehead atoms. The number of rotatable bonds is 50. The van der Waals surface area contributed by atoms with Crippen LogP contribution in [0.1, 0.15) is 96.8 Å². The van der Waals surface area contributed by atoms with Crippen LogP contribution in [0.2, 0.25) is 0 Å². The predicted octanol–water partition coefficient (Wildman–Crippen LogP) is 5.63. The summed E-state index contributed by atoms with van der Waals surface area (Å²) < 4.78 is 65.8. The molecule has 0 aliphatic carbocycles. The Hall–Kier alpha value is -0.520. The molecule has 0 aromatic heterocycles. The number of nitrogens with two attached hydrogens (primary N) is 1. The van der Waals surface area contributed by atoms with Crippen molar-refractivity contribution in [2.45, 2.75) is 96.8 Å². The van der Waals surface area contributed by atoms with Crippen molar-refractivity contribution >= 4 is 0 Å². The van der Waals surface area contributed by atoms with E-state index in [0.29, 0.717) is 159 Å². The van der Waals surface area contributed by atoms with Gasteiger partial charge in [0, 0.05) is 13.2 Å². The molecular formula is C40H83NO12. The van der Waals surface area contributed by atoms with E-state index >= 15 is 0 Å². The van der Waals surface area contributed by atoms with E-state index in [1.807, 2.05) is 0 Å². The summed E-state index contributed by atoms with van der Waals surface area (Å²) in [5.74, 6) is 0. The first-order chi connectivity index (χ1) is 26.4. The number of hydrogen-bond donors (Lipinski definition) is 1. The highest BCUT2D eigenvalue weighted by atomic mass is 16.6. The molecule has 0 saturated carbocycles. The Morgan fingerprint density at radius 3 is 0.585 bits per heavy atom. The fraction of sp³-hybridized carbons (Fsp3) is 1.00. The average molecular weight is 770 g/mol. The van der Waals surface area contributed by atoms with Crippen LogP contribution in [-0.4, -0.2) is 165 Å². The minimum absolute atomic E-state index is 0.517. The number of ether oxygens (including phenoxy) is 12. The van der Waals surface area contributed by atoms with Crippen molar-refractivity contribution in [3.8, 4) is 0 Å². The second-order valence-electron chi connectivity index (χ2n) is 12.7. The highest BCUT2D eigenvalue weighted by Crippen LogP contribution is 2.13. The molecule has 0 fully saturated rings. The molecule has 0 atom stereocenters. The Bertz CT molecular complexity index is 576. The maximum absolute atomic E-state index is 5.68. The van der Waals surface area contributed by atoms with Crippen LogP contribution in [0.3, 0.4) is 0 Å². The lowest BCUT2D eigenvalue weighted by molar-refractivity contribution is -0.0283. The normalized spacial score (nSPS) is 11.7. The topological polar surface area (TPSA) is 137 Å². The lowest BCUT2D eigenvalue weighted by Gasteiger charge is -2.09. The van der Waals surface area contributed by atoms with Crippen LogP contribution >= 0.6 is 0 Å². The van der Waals surface area contributed by atoms with Gasteiger partial charge in [-0.25, -0.2) is 0 Å². The first-order valence-corrected chi connectivity index (χ1v) is 21.0. The van der Waals surface area contributed by atoms with Crippen molar-refractivity contribution in [2.24, 2.45) is 5.73 Å². The van der Waals surface area contributed by atoms with E-state index in [2.05, 4.69) is 6.92 Å². The van der Waals surface area contributed by atoms with Crippen molar-refractivity contribution in [3.05, 3.63) is 0 Å². The average Bonchev–Trinajstić information content (AvgIpc) is 3.17. The van der Waals surface area contributed by atoms with Gasteiger partial charge in [-0.05, 0) is 6.42 Å². The highest BCUT2D eigenvalue weighted by Gasteiger charge is 1.98. The highest BCUT2D eigenvalue weighted by molar-refractivity contribution is 4.49. The van der Waals surface area contributed by atoms with Crippen LogP contribution in [0.4, 0.5) is 0 Å². The molecule has 13 nitrogen and oxygen atoms in total. The zero-order chi connectivity index (χ0) is 38.1. The maximum atomic E-state index is 5.68. The van der Waals surface area contributed by atoms with Crippen LogP contribution in [0.5, 0.6) is 0 Å². The zero-order valence-corrected chi connectivity index (χ0v) is 34.1. The van der Waals surface area contributed by atoms with Crippen LogP contribution in [0.25, 0.3) is 0 Å². The van der Waals surface area contributed by atoms with E-state index in [1.54, 1.807) is 0 Å². The van der Waals surface area contributed by atoms with E-state index in [0.717, 1.165) is 13.0 Å². The van der Waals surface area contributed by atoms with Crippen molar-refractivity contribution in [3.63, 3.8) is 0 Å². The largest absolute Gasteiger partial charge is 0.379 e. The zero-order valence-electron chi connectivity index (χ0n) is 34.1. The SMILES string of the molecule is CCCCCCCCCCCCCCCCOCCOCCOCCOCCOCCOCCOCCOCCOCCOCCOCCOCCN. The first-order valence-electron chi connectivity index (χ1n) is 21.0. The second kappa shape index (κ2) is 51.5. The van der Waals surface area contributed by atoms with Gasteiger partial charge >= 0.3 is 0 Å². The summed E-state index contributed by atoms with van der Waals surface area (Å²) >= 11 is 0. The third kappa shape index (κ3) is 51.5. The van der Waals surface area contributed by atoms with Gasteiger partial charge in [-0.1, -0.05) is 90.4 Å². The molecule has 320 valence electrons. The van der Waals surface area contributed by atoms with Crippen LogP contribution < -0.4 is 5.73 Å². The molecule has 0 aromatic rings. The maximum Gasteiger partial charge on any atom is 0.0701 e. The fourth-order valence-corrected chi connectivity index (χ4v) is 5.00. The van der Waals surface area contributed by atoms with Crippen LogP contribution in [-0.2, 0) is 56.8 Å². The smallest absolute Gasteiger partial charge is 0.0701 e. The van der Waals surface area contributed by atoms with Gasteiger partial charge in [0.05, 0.1) is 152 Å². The standard InChI is InChI=1S/C40H83NO12/c1-2-3-4-5-6-7-8-9-10-11-12-13-14-15-17-42-19-21-44-23-25-46-27-29-48-31-33-50-35-37-52-39-40-53-38-36-51-34-32-49-30-28-47-26-24-45-22-20-43-18-16-41/h2-41H2,1H3. The van der Waals surface area contributed by atoms with Gasteiger partial charge in [-0.3, -0.25) is 0 Å². The fourth-order valence-electron chi connectivity index (χ4n) is 5.00. The molecular weight excluding hydrogens is 686 g/mol. The molecule has 0 rings (SSSR count). The third-order valence-electron chi connectivity index (χ3n) is 8.00. The third-order valence-corrected chi connectivity index (χ3v) is 8.00. The van der Waals surface area contributed by atoms with Gasteiger partial charge in [-0.15, -0.1) is 0 Å². The van der Waals surface area contributed by atoms with Gasteiger partial charge < -0.3 is 62.6 Å². The minimum Gasteiger partial charge on any atom is -0.379 e. The summed E-state index contributed by atoms with van der Waals surface area (Å²) in [6, 6.07) is 0. The Labute approximate surface area is 324 Å². The Kier molecular flexibility index (Phi) is 51.0. The first kappa shape index (κ1) is 52.5. The molecule has 0 unspecified atom stereocenters. The Balaban J connectivity index is 3.05. The molecule has 2 N–H and O–H groups in total. The van der Waals surface area contributed by atoms with Crippen molar-refractivity contribution < 1.29 is 56.8 Å². The van der Waals surface area contributed by atoms with Gasteiger partial charge in [0.25, 0.3) is 0 Å². The van der Waals surface area contributed by atoms with E-state index in [4.69, 9.17) is 62.6 Å². The van der Waals surface area contributed by atoms with Crippen molar-refractivity contribution in [1.29, 1.82) is 0 Å². The summed E-state index contributed by atoms with van der Waals surface area (Å²) in [5.41, 5.74) is 5.34. The Morgan fingerprint density at radius 1 is 0.208 bits per heavy atom. The molecule has 0 saturated heterocycles. The summed E-state index contributed by atoms with van der Waals surface area (Å²) in [7, 11) is 0. The molecule has 0 radical (unpaired) electrons. The lowest BCUT2D eigenvalue weighted by Crippen LogP contribution is -2.15. The van der Waals surface area contributed by atoms with Gasteiger partial charge in [-0.2, -0.15) is 0 Å².